The van der Waals surface area contributed by atoms with Crippen molar-refractivity contribution in [2.75, 3.05) is 13.2 Å². The highest BCUT2D eigenvalue weighted by Gasteiger charge is 2.44. The number of phenolic OH excluding ortho intramolecular Hbond substituents is 1. The summed E-state index contributed by atoms with van der Waals surface area (Å²) in [6.07, 6.45) is 2.98. The van der Waals surface area contributed by atoms with Gasteiger partial charge in [0.2, 0.25) is 0 Å². The van der Waals surface area contributed by atoms with Gasteiger partial charge in [-0.25, -0.2) is 0 Å². The molecule has 18 heavy (non-hydrogen) atoms. The van der Waals surface area contributed by atoms with E-state index in [1.165, 1.54) is 11.1 Å². The highest BCUT2D eigenvalue weighted by molar-refractivity contribution is 5.43. The topological polar surface area (TPSA) is 55.5 Å². The summed E-state index contributed by atoms with van der Waals surface area (Å²) >= 11 is 0. The van der Waals surface area contributed by atoms with E-state index in [-0.39, 0.29) is 11.5 Å². The summed E-state index contributed by atoms with van der Waals surface area (Å²) in [6, 6.07) is 5.91. The van der Waals surface area contributed by atoms with E-state index in [2.05, 4.69) is 13.0 Å². The number of fused-ring (bicyclic) bond motifs is 4. The van der Waals surface area contributed by atoms with Crippen LogP contribution in [0.15, 0.2) is 18.2 Å². The molecule has 0 amide bonds. The molecule has 3 nitrogen and oxygen atoms in total. The maximum Gasteiger partial charge on any atom is 0.115 e. The SMILES string of the molecule is CC12CCOCCC(Cc3ccc(O)cc31)C2N. The van der Waals surface area contributed by atoms with Crippen molar-refractivity contribution in [1.82, 2.24) is 0 Å². The molecule has 1 saturated heterocycles. The van der Waals surface area contributed by atoms with Gasteiger partial charge in [-0.05, 0) is 48.4 Å². The minimum absolute atomic E-state index is 0.0720. The third-order valence-corrected chi connectivity index (χ3v) is 4.83. The molecule has 2 aliphatic rings. The Morgan fingerprint density at radius 3 is 3.06 bits per heavy atom. The van der Waals surface area contributed by atoms with Gasteiger partial charge in [-0.3, -0.25) is 0 Å². The van der Waals surface area contributed by atoms with E-state index in [4.69, 9.17) is 10.5 Å². The molecule has 98 valence electrons. The summed E-state index contributed by atoms with van der Waals surface area (Å²) in [5.74, 6) is 0.830. The van der Waals surface area contributed by atoms with Crippen LogP contribution < -0.4 is 5.73 Å². The Hall–Kier alpha value is -1.06. The quantitative estimate of drug-likeness (QED) is 0.737. The zero-order valence-corrected chi connectivity index (χ0v) is 10.9. The number of hydrogen-bond donors (Lipinski definition) is 2. The Balaban J connectivity index is 2.11. The maximum atomic E-state index is 9.74. The minimum Gasteiger partial charge on any atom is -0.508 e. The van der Waals surface area contributed by atoms with Crippen LogP contribution in [-0.4, -0.2) is 24.4 Å². The summed E-state index contributed by atoms with van der Waals surface area (Å²) in [4.78, 5) is 0. The van der Waals surface area contributed by atoms with Crippen LogP contribution in [0, 0.1) is 5.92 Å². The van der Waals surface area contributed by atoms with Gasteiger partial charge in [0, 0.05) is 24.7 Å². The van der Waals surface area contributed by atoms with Crippen molar-refractivity contribution < 1.29 is 9.84 Å². The van der Waals surface area contributed by atoms with Gasteiger partial charge in [-0.1, -0.05) is 13.0 Å². The Morgan fingerprint density at radius 2 is 2.22 bits per heavy atom. The third-order valence-electron chi connectivity index (χ3n) is 4.83. The van der Waals surface area contributed by atoms with Gasteiger partial charge < -0.3 is 15.6 Å². The van der Waals surface area contributed by atoms with Crippen LogP contribution in [0.4, 0.5) is 0 Å². The van der Waals surface area contributed by atoms with Gasteiger partial charge in [0.1, 0.15) is 5.75 Å². The van der Waals surface area contributed by atoms with Gasteiger partial charge >= 0.3 is 0 Å². The second-order valence-electron chi connectivity index (χ2n) is 5.90. The first-order chi connectivity index (χ1) is 8.61. The smallest absolute Gasteiger partial charge is 0.115 e. The van der Waals surface area contributed by atoms with E-state index in [0.29, 0.717) is 11.7 Å². The number of rotatable bonds is 0. The largest absolute Gasteiger partial charge is 0.508 e. The lowest BCUT2D eigenvalue weighted by atomic mass is 9.61. The average molecular weight is 247 g/mol. The molecule has 1 aliphatic carbocycles. The Morgan fingerprint density at radius 1 is 1.39 bits per heavy atom. The van der Waals surface area contributed by atoms with Gasteiger partial charge in [-0.2, -0.15) is 0 Å². The second kappa shape index (κ2) is 4.25. The normalized spacial score (nSPS) is 35.4. The molecule has 0 saturated carbocycles. The van der Waals surface area contributed by atoms with Crippen molar-refractivity contribution in [3.63, 3.8) is 0 Å². The second-order valence-corrected chi connectivity index (χ2v) is 5.90. The highest BCUT2D eigenvalue weighted by Crippen LogP contribution is 2.44. The number of ether oxygens (including phenoxy) is 1. The molecule has 3 heteroatoms. The van der Waals surface area contributed by atoms with Gasteiger partial charge in [0.15, 0.2) is 0 Å². The summed E-state index contributed by atoms with van der Waals surface area (Å²) in [7, 11) is 0. The van der Waals surface area contributed by atoms with Crippen LogP contribution >= 0.6 is 0 Å². The number of phenols is 1. The van der Waals surface area contributed by atoms with Gasteiger partial charge in [0.05, 0.1) is 0 Å². The van der Waals surface area contributed by atoms with Crippen LogP contribution in [0.1, 0.15) is 30.9 Å². The molecule has 3 unspecified atom stereocenters. The van der Waals surface area contributed by atoms with Crippen LogP contribution in [0.3, 0.4) is 0 Å². The summed E-state index contributed by atoms with van der Waals surface area (Å²) in [6.45, 7) is 3.80. The fourth-order valence-electron chi connectivity index (χ4n) is 3.59. The molecule has 3 atom stereocenters. The Kier molecular flexibility index (Phi) is 2.83. The predicted molar refractivity (Wildman–Crippen MR) is 70.7 cm³/mol. The van der Waals surface area contributed by atoms with Crippen LogP contribution in [0.25, 0.3) is 0 Å². The van der Waals surface area contributed by atoms with Crippen molar-refractivity contribution in [1.29, 1.82) is 0 Å². The molecule has 1 aromatic carbocycles. The summed E-state index contributed by atoms with van der Waals surface area (Å²) in [5.41, 5.74) is 9.01. The van der Waals surface area contributed by atoms with E-state index < -0.39 is 0 Å². The molecule has 0 spiro atoms. The van der Waals surface area contributed by atoms with E-state index in [1.807, 2.05) is 6.07 Å². The predicted octanol–water partition coefficient (Wildman–Crippen LogP) is 1.96. The number of nitrogens with two attached hydrogens (primary N) is 1. The van der Waals surface area contributed by atoms with Crippen LogP contribution in [-0.2, 0) is 16.6 Å². The molecule has 2 bridgehead atoms. The lowest BCUT2D eigenvalue weighted by molar-refractivity contribution is 0.0575. The molecule has 1 heterocycles. The van der Waals surface area contributed by atoms with Gasteiger partial charge in [0.25, 0.3) is 0 Å². The van der Waals surface area contributed by atoms with Crippen molar-refractivity contribution in [3.8, 4) is 5.75 Å². The highest BCUT2D eigenvalue weighted by atomic mass is 16.5. The first-order valence-electron chi connectivity index (χ1n) is 6.77. The lowest BCUT2D eigenvalue weighted by Crippen LogP contribution is -2.53. The standard InChI is InChI=1S/C15H21NO2/c1-15-5-7-18-6-4-11(14(15)16)8-10-2-3-12(17)9-13(10)15/h2-3,9,11,14,17H,4-8,16H2,1H3. The van der Waals surface area contributed by atoms with Crippen LogP contribution in [0.2, 0.25) is 0 Å². The third kappa shape index (κ3) is 1.73. The number of aromatic hydroxyl groups is 1. The molecule has 1 aliphatic heterocycles. The zero-order chi connectivity index (χ0) is 12.8. The van der Waals surface area contributed by atoms with E-state index in [0.717, 1.165) is 32.5 Å². The number of benzene rings is 1. The van der Waals surface area contributed by atoms with Crippen molar-refractivity contribution in [3.05, 3.63) is 29.3 Å². The molecule has 1 fully saturated rings. The van der Waals surface area contributed by atoms with E-state index in [9.17, 15) is 5.11 Å². The summed E-state index contributed by atoms with van der Waals surface area (Å²) in [5, 5.41) is 9.74. The lowest BCUT2D eigenvalue weighted by Gasteiger charge is -2.47. The van der Waals surface area contributed by atoms with Crippen molar-refractivity contribution in [2.24, 2.45) is 11.7 Å². The van der Waals surface area contributed by atoms with E-state index >= 15 is 0 Å². The Labute approximate surface area is 108 Å². The first kappa shape index (κ1) is 12.0. The first-order valence-corrected chi connectivity index (χ1v) is 6.77. The molecule has 1 aromatic rings. The zero-order valence-electron chi connectivity index (χ0n) is 10.9. The molecule has 3 rings (SSSR count). The maximum absolute atomic E-state index is 9.74. The minimum atomic E-state index is -0.0720. The monoisotopic (exact) mass is 247 g/mol. The molecule has 3 N–H and O–H groups in total. The molecular weight excluding hydrogens is 226 g/mol. The fourth-order valence-corrected chi connectivity index (χ4v) is 3.59. The van der Waals surface area contributed by atoms with Crippen molar-refractivity contribution in [2.45, 2.75) is 37.6 Å². The van der Waals surface area contributed by atoms with E-state index in [1.54, 1.807) is 6.07 Å². The Bertz CT molecular complexity index is 460. The molecule has 0 radical (unpaired) electrons. The molecular formula is C15H21NO2. The van der Waals surface area contributed by atoms with Crippen LogP contribution in [0.5, 0.6) is 5.75 Å². The number of hydrogen-bond acceptors (Lipinski definition) is 3. The molecule has 0 aromatic heterocycles. The van der Waals surface area contributed by atoms with Gasteiger partial charge in [-0.15, -0.1) is 0 Å². The fraction of sp³-hybridized carbons (Fsp3) is 0.600. The summed E-state index contributed by atoms with van der Waals surface area (Å²) < 4.78 is 5.65. The van der Waals surface area contributed by atoms with Crippen molar-refractivity contribution >= 4 is 0 Å². The average Bonchev–Trinajstić information content (AvgIpc) is 2.35.